The fourth-order valence-corrected chi connectivity index (χ4v) is 5.03. The summed E-state index contributed by atoms with van der Waals surface area (Å²) in [5, 5.41) is 0. The van der Waals surface area contributed by atoms with E-state index in [2.05, 4.69) is 15.0 Å². The van der Waals surface area contributed by atoms with Crippen LogP contribution in [0.2, 0.25) is 0 Å². The molecule has 1 atom stereocenters. The lowest BCUT2D eigenvalue weighted by Crippen LogP contribution is -2.37. The van der Waals surface area contributed by atoms with Gasteiger partial charge in [-0.25, -0.2) is 19.3 Å². The van der Waals surface area contributed by atoms with Crippen molar-refractivity contribution in [2.75, 3.05) is 31.2 Å². The zero-order valence-corrected chi connectivity index (χ0v) is 18.6. The molecule has 0 amide bonds. The van der Waals surface area contributed by atoms with Crippen LogP contribution in [0.5, 0.6) is 0 Å². The molecule has 0 aliphatic carbocycles. The van der Waals surface area contributed by atoms with Gasteiger partial charge in [-0.15, -0.1) is 0 Å². The van der Waals surface area contributed by atoms with Crippen LogP contribution >= 0.6 is 0 Å². The number of hydrogen-bond donors (Lipinski definition) is 0. The number of nitrogens with zero attached hydrogens (tertiary/aromatic N) is 5. The summed E-state index contributed by atoms with van der Waals surface area (Å²) in [7, 11) is 0. The van der Waals surface area contributed by atoms with Gasteiger partial charge in [0.05, 0.1) is 35.9 Å². The molecule has 0 N–H and O–H groups in total. The molecule has 6 rings (SSSR count). The molecule has 2 aliphatic rings. The molecule has 10 heteroatoms. The van der Waals surface area contributed by atoms with E-state index in [0.717, 1.165) is 6.07 Å². The summed E-state index contributed by atoms with van der Waals surface area (Å²) in [4.78, 5) is 15.3. The number of ether oxygens (including phenoxy) is 1. The molecule has 180 valence electrons. The van der Waals surface area contributed by atoms with Gasteiger partial charge >= 0.3 is 6.18 Å². The zero-order valence-electron chi connectivity index (χ0n) is 18.6. The van der Waals surface area contributed by atoms with Gasteiger partial charge in [0.15, 0.2) is 0 Å². The van der Waals surface area contributed by atoms with Gasteiger partial charge in [0.2, 0.25) is 5.95 Å². The third-order valence-electron chi connectivity index (χ3n) is 6.67. The minimum Gasteiger partial charge on any atom is -0.378 e. The van der Waals surface area contributed by atoms with Crippen LogP contribution in [0.4, 0.5) is 23.5 Å². The number of benzene rings is 2. The maximum Gasteiger partial charge on any atom is 0.416 e. The van der Waals surface area contributed by atoms with Crippen LogP contribution in [0.15, 0.2) is 48.8 Å². The van der Waals surface area contributed by atoms with Crippen LogP contribution in [-0.2, 0) is 17.3 Å². The van der Waals surface area contributed by atoms with Crippen molar-refractivity contribution in [2.24, 2.45) is 0 Å². The molecule has 35 heavy (non-hydrogen) atoms. The molecule has 2 aromatic carbocycles. The van der Waals surface area contributed by atoms with Crippen LogP contribution in [0.1, 0.15) is 29.4 Å². The maximum atomic E-state index is 15.1. The minimum atomic E-state index is -4.47. The molecule has 6 nitrogen and oxygen atoms in total. The first-order valence-corrected chi connectivity index (χ1v) is 11.4. The smallest absolute Gasteiger partial charge is 0.378 e. The lowest BCUT2D eigenvalue weighted by molar-refractivity contribution is -0.138. The topological polar surface area (TPSA) is 56.1 Å². The molecule has 0 spiro atoms. The maximum absolute atomic E-state index is 15.1. The summed E-state index contributed by atoms with van der Waals surface area (Å²) in [5.41, 5.74) is 1.32. The van der Waals surface area contributed by atoms with Crippen molar-refractivity contribution in [3.05, 3.63) is 71.6 Å². The first kappa shape index (κ1) is 22.0. The lowest BCUT2D eigenvalue weighted by Gasteiger charge is -2.26. The van der Waals surface area contributed by atoms with Crippen LogP contribution in [0, 0.1) is 5.82 Å². The number of fused-ring (bicyclic) bond motifs is 3. The van der Waals surface area contributed by atoms with Crippen molar-refractivity contribution < 1.29 is 22.3 Å². The van der Waals surface area contributed by atoms with Gasteiger partial charge in [-0.05, 0) is 24.1 Å². The molecule has 2 aromatic heterocycles. The molecule has 4 aromatic rings. The molecule has 0 unspecified atom stereocenters. The van der Waals surface area contributed by atoms with Gasteiger partial charge in [0.1, 0.15) is 11.6 Å². The number of aromatic nitrogens is 4. The van der Waals surface area contributed by atoms with Crippen LogP contribution in [0.25, 0.3) is 22.2 Å². The largest absolute Gasteiger partial charge is 0.416 e. The van der Waals surface area contributed by atoms with Crippen molar-refractivity contribution in [3.8, 4) is 11.1 Å². The predicted molar refractivity (Wildman–Crippen MR) is 122 cm³/mol. The molecule has 1 saturated heterocycles. The van der Waals surface area contributed by atoms with Crippen LogP contribution in [-0.4, -0.2) is 45.8 Å². The SMILES string of the molecule is Fc1cc2nc3n(c2cc1-c1cnc(N2CCOCC2)nc1)[C@@H](c1ccccc1C(F)(F)F)CC3. The third-order valence-corrected chi connectivity index (χ3v) is 6.67. The number of halogens is 4. The lowest BCUT2D eigenvalue weighted by atomic mass is 9.98. The first-order valence-electron chi connectivity index (χ1n) is 11.4. The molecule has 0 radical (unpaired) electrons. The Morgan fingerprint density at radius 1 is 1.00 bits per heavy atom. The second-order valence-electron chi connectivity index (χ2n) is 8.73. The van der Waals surface area contributed by atoms with Gasteiger partial charge < -0.3 is 14.2 Å². The summed E-state index contributed by atoms with van der Waals surface area (Å²) in [6, 6.07) is 8.05. The van der Waals surface area contributed by atoms with E-state index < -0.39 is 23.6 Å². The van der Waals surface area contributed by atoms with Crippen molar-refractivity contribution >= 4 is 17.0 Å². The second kappa shape index (κ2) is 8.30. The summed E-state index contributed by atoms with van der Waals surface area (Å²) in [5.74, 6) is 0.717. The number of rotatable bonds is 3. The van der Waals surface area contributed by atoms with Crippen molar-refractivity contribution in [2.45, 2.75) is 25.1 Å². The average molecular weight is 483 g/mol. The molecule has 0 saturated carbocycles. The highest BCUT2D eigenvalue weighted by Gasteiger charge is 2.37. The van der Waals surface area contributed by atoms with Gasteiger partial charge in [0, 0.05) is 49.1 Å². The number of hydrogen-bond acceptors (Lipinski definition) is 5. The highest BCUT2D eigenvalue weighted by atomic mass is 19.4. The number of aryl methyl sites for hydroxylation is 1. The van der Waals surface area contributed by atoms with E-state index in [1.54, 1.807) is 24.5 Å². The Balaban J connectivity index is 1.41. The quantitative estimate of drug-likeness (QED) is 0.383. The molecule has 1 fully saturated rings. The standard InChI is InChI=1S/C25H21F4N5O/c26-19-12-20-22(11-17(19)15-13-30-24(31-14-15)33-7-9-35-10-8-33)34-21(5-6-23(34)32-20)16-3-1-2-4-18(16)25(27,28)29/h1-4,11-14,21H,5-10H2/t21-/m1/s1. The second-order valence-corrected chi connectivity index (χ2v) is 8.73. The van der Waals surface area contributed by atoms with E-state index in [9.17, 15) is 13.2 Å². The van der Waals surface area contributed by atoms with E-state index >= 15 is 4.39 Å². The normalized spacial score (nSPS) is 18.3. The molecular formula is C25H21F4N5O. The molecular weight excluding hydrogens is 462 g/mol. The molecule has 0 bridgehead atoms. The van der Waals surface area contributed by atoms with Gasteiger partial charge in [-0.1, -0.05) is 18.2 Å². The highest BCUT2D eigenvalue weighted by molar-refractivity contribution is 5.83. The summed E-state index contributed by atoms with van der Waals surface area (Å²) in [6.07, 6.45) is -0.318. The Morgan fingerprint density at radius 3 is 2.49 bits per heavy atom. The summed E-state index contributed by atoms with van der Waals surface area (Å²) < 4.78 is 63.4. The first-order chi connectivity index (χ1) is 16.9. The number of morpholine rings is 1. The van der Waals surface area contributed by atoms with Gasteiger partial charge in [-0.2, -0.15) is 13.2 Å². The number of alkyl halides is 3. The third kappa shape index (κ3) is 3.81. The van der Waals surface area contributed by atoms with E-state index in [1.165, 1.54) is 18.2 Å². The molecule has 2 aliphatic heterocycles. The minimum absolute atomic E-state index is 0.196. The Labute approximate surface area is 198 Å². The van der Waals surface area contributed by atoms with Gasteiger partial charge in [-0.3, -0.25) is 0 Å². The van der Waals surface area contributed by atoms with Crippen LogP contribution in [0.3, 0.4) is 0 Å². The fourth-order valence-electron chi connectivity index (χ4n) is 5.03. The van der Waals surface area contributed by atoms with E-state index in [0.29, 0.717) is 67.5 Å². The van der Waals surface area contributed by atoms with Crippen molar-refractivity contribution in [3.63, 3.8) is 0 Å². The molecule has 4 heterocycles. The number of anilines is 1. The Hall–Kier alpha value is -3.53. The Bertz CT molecular complexity index is 1390. The number of imidazole rings is 1. The predicted octanol–water partition coefficient (Wildman–Crippen LogP) is 5.02. The monoisotopic (exact) mass is 483 g/mol. The summed E-state index contributed by atoms with van der Waals surface area (Å²) >= 11 is 0. The zero-order chi connectivity index (χ0) is 24.2. The van der Waals surface area contributed by atoms with E-state index in [1.807, 2.05) is 9.47 Å². The van der Waals surface area contributed by atoms with E-state index in [-0.39, 0.29) is 11.1 Å². The highest BCUT2D eigenvalue weighted by Crippen LogP contribution is 2.42. The Morgan fingerprint density at radius 2 is 1.74 bits per heavy atom. The van der Waals surface area contributed by atoms with Crippen molar-refractivity contribution in [1.82, 2.24) is 19.5 Å². The van der Waals surface area contributed by atoms with E-state index in [4.69, 9.17) is 4.74 Å². The van der Waals surface area contributed by atoms with Gasteiger partial charge in [0.25, 0.3) is 0 Å². The van der Waals surface area contributed by atoms with Crippen molar-refractivity contribution in [1.29, 1.82) is 0 Å². The fraction of sp³-hybridized carbons (Fsp3) is 0.320. The Kier molecular flexibility index (Phi) is 5.21. The van der Waals surface area contributed by atoms with Crippen LogP contribution < -0.4 is 4.90 Å². The summed E-state index contributed by atoms with van der Waals surface area (Å²) in [6.45, 7) is 2.56. The average Bonchev–Trinajstić information content (AvgIpc) is 3.43.